The van der Waals surface area contributed by atoms with E-state index in [2.05, 4.69) is 64.0 Å². The van der Waals surface area contributed by atoms with E-state index in [1.54, 1.807) is 0 Å². The van der Waals surface area contributed by atoms with Crippen molar-refractivity contribution in [3.63, 3.8) is 0 Å². The van der Waals surface area contributed by atoms with E-state index >= 15 is 0 Å². The van der Waals surface area contributed by atoms with Gasteiger partial charge in [0.1, 0.15) is 5.75 Å². The summed E-state index contributed by atoms with van der Waals surface area (Å²) in [5, 5.41) is 3.39. The summed E-state index contributed by atoms with van der Waals surface area (Å²) in [6.45, 7) is 11.3. The van der Waals surface area contributed by atoms with Gasteiger partial charge in [-0.3, -0.25) is 4.90 Å². The van der Waals surface area contributed by atoms with Crippen molar-refractivity contribution in [2.24, 2.45) is 0 Å². The highest BCUT2D eigenvalue weighted by Gasteiger charge is 2.16. The number of hydrogen-bond acceptors (Lipinski definition) is 4. The summed E-state index contributed by atoms with van der Waals surface area (Å²) in [6, 6.07) is 6.27. The summed E-state index contributed by atoms with van der Waals surface area (Å²) < 4.78 is 7.17. The number of hydrogen-bond donors (Lipinski definition) is 1. The third kappa shape index (κ3) is 3.97. The second kappa shape index (κ2) is 7.64. The first-order valence-electron chi connectivity index (χ1n) is 8.37. The molecule has 1 aromatic carbocycles. The van der Waals surface area contributed by atoms with Crippen LogP contribution in [0.3, 0.4) is 0 Å². The van der Waals surface area contributed by atoms with Gasteiger partial charge in [0.2, 0.25) is 5.88 Å². The van der Waals surface area contributed by atoms with Gasteiger partial charge in [0, 0.05) is 44.5 Å². The van der Waals surface area contributed by atoms with Crippen molar-refractivity contribution in [2.75, 3.05) is 26.2 Å². The van der Waals surface area contributed by atoms with Crippen molar-refractivity contribution >= 4 is 15.9 Å². The molecule has 2 heterocycles. The smallest absolute Gasteiger partial charge is 0.223 e. The van der Waals surface area contributed by atoms with Crippen molar-refractivity contribution in [3.05, 3.63) is 51.1 Å². The lowest BCUT2D eigenvalue weighted by Crippen LogP contribution is -2.42. The Hall–Kier alpha value is -1.43. The van der Waals surface area contributed by atoms with E-state index in [-0.39, 0.29) is 0 Å². The minimum absolute atomic E-state index is 0.697. The van der Waals surface area contributed by atoms with Gasteiger partial charge >= 0.3 is 0 Å². The molecule has 5 heteroatoms. The molecule has 128 valence electrons. The molecule has 0 bridgehead atoms. The molecule has 0 aliphatic carbocycles. The average molecular weight is 390 g/mol. The SMILES string of the molecule is Cc1cnc(Oc2ccc(C)c(C)c2Br)c(CN2CCNCC2)c1. The summed E-state index contributed by atoms with van der Waals surface area (Å²) >= 11 is 3.65. The highest BCUT2D eigenvalue weighted by atomic mass is 79.9. The van der Waals surface area contributed by atoms with Crippen molar-refractivity contribution < 1.29 is 4.74 Å². The minimum atomic E-state index is 0.697. The second-order valence-corrected chi connectivity index (χ2v) is 7.22. The third-order valence-electron chi connectivity index (χ3n) is 4.49. The van der Waals surface area contributed by atoms with Gasteiger partial charge < -0.3 is 10.1 Å². The number of piperazine rings is 1. The lowest BCUT2D eigenvalue weighted by atomic mass is 10.1. The van der Waals surface area contributed by atoms with Crippen molar-refractivity contribution in [1.82, 2.24) is 15.2 Å². The van der Waals surface area contributed by atoms with Gasteiger partial charge in [0.05, 0.1) is 4.47 Å². The quantitative estimate of drug-likeness (QED) is 0.858. The van der Waals surface area contributed by atoms with Crippen LogP contribution in [0, 0.1) is 20.8 Å². The van der Waals surface area contributed by atoms with Gasteiger partial charge in [-0.25, -0.2) is 4.98 Å². The number of aromatic nitrogens is 1. The zero-order chi connectivity index (χ0) is 17.1. The Bertz CT molecular complexity index is 727. The summed E-state index contributed by atoms with van der Waals surface area (Å²) in [7, 11) is 0. The maximum Gasteiger partial charge on any atom is 0.223 e. The van der Waals surface area contributed by atoms with E-state index < -0.39 is 0 Å². The fourth-order valence-corrected chi connectivity index (χ4v) is 3.40. The predicted molar refractivity (Wildman–Crippen MR) is 101 cm³/mol. The number of nitrogens with one attached hydrogen (secondary N) is 1. The number of halogens is 1. The normalized spacial score (nSPS) is 15.5. The van der Waals surface area contributed by atoms with Crippen LogP contribution in [-0.4, -0.2) is 36.1 Å². The molecule has 0 atom stereocenters. The molecule has 1 saturated heterocycles. The summed E-state index contributed by atoms with van der Waals surface area (Å²) in [6.07, 6.45) is 1.87. The zero-order valence-corrected chi connectivity index (χ0v) is 16.1. The molecule has 1 aromatic heterocycles. The number of pyridine rings is 1. The van der Waals surface area contributed by atoms with Crippen LogP contribution >= 0.6 is 15.9 Å². The number of aryl methyl sites for hydroxylation is 2. The van der Waals surface area contributed by atoms with Gasteiger partial charge in [-0.05, 0) is 65.5 Å². The highest BCUT2D eigenvalue weighted by molar-refractivity contribution is 9.10. The van der Waals surface area contributed by atoms with Crippen molar-refractivity contribution in [3.8, 4) is 11.6 Å². The molecule has 0 spiro atoms. The molecule has 2 aromatic rings. The van der Waals surface area contributed by atoms with E-state index in [4.69, 9.17) is 4.74 Å². The molecule has 1 aliphatic heterocycles. The zero-order valence-electron chi connectivity index (χ0n) is 14.5. The maximum absolute atomic E-state index is 6.17. The second-order valence-electron chi connectivity index (χ2n) is 6.42. The Kier molecular flexibility index (Phi) is 5.54. The lowest BCUT2D eigenvalue weighted by molar-refractivity contribution is 0.230. The Morgan fingerprint density at radius 3 is 2.71 bits per heavy atom. The van der Waals surface area contributed by atoms with Crippen LogP contribution < -0.4 is 10.1 Å². The topological polar surface area (TPSA) is 37.4 Å². The Labute approximate surface area is 152 Å². The summed E-state index contributed by atoms with van der Waals surface area (Å²) in [5.74, 6) is 1.51. The van der Waals surface area contributed by atoms with Crippen LogP contribution in [0.25, 0.3) is 0 Å². The largest absolute Gasteiger partial charge is 0.437 e. The molecule has 4 nitrogen and oxygen atoms in total. The third-order valence-corrected chi connectivity index (χ3v) is 5.48. The fraction of sp³-hybridized carbons (Fsp3) is 0.421. The molecule has 1 N–H and O–H groups in total. The van der Waals surface area contributed by atoms with E-state index in [0.29, 0.717) is 5.88 Å². The molecule has 1 aliphatic rings. The van der Waals surface area contributed by atoms with Crippen LogP contribution in [0.1, 0.15) is 22.3 Å². The number of benzene rings is 1. The van der Waals surface area contributed by atoms with Crippen molar-refractivity contribution in [2.45, 2.75) is 27.3 Å². The van der Waals surface area contributed by atoms with E-state index in [1.165, 1.54) is 11.1 Å². The summed E-state index contributed by atoms with van der Waals surface area (Å²) in [4.78, 5) is 6.99. The van der Waals surface area contributed by atoms with E-state index in [9.17, 15) is 0 Å². The maximum atomic E-state index is 6.17. The Balaban J connectivity index is 1.86. The van der Waals surface area contributed by atoms with Gasteiger partial charge in [0.25, 0.3) is 0 Å². The highest BCUT2D eigenvalue weighted by Crippen LogP contribution is 2.34. The average Bonchev–Trinajstić information content (AvgIpc) is 2.58. The lowest BCUT2D eigenvalue weighted by Gasteiger charge is -2.27. The fourth-order valence-electron chi connectivity index (χ4n) is 2.87. The van der Waals surface area contributed by atoms with Crippen molar-refractivity contribution in [1.29, 1.82) is 0 Å². The number of nitrogens with zero attached hydrogens (tertiary/aromatic N) is 2. The molecule has 3 rings (SSSR count). The van der Waals surface area contributed by atoms with E-state index in [0.717, 1.165) is 54.1 Å². The molecule has 0 amide bonds. The van der Waals surface area contributed by atoms with Crippen LogP contribution in [-0.2, 0) is 6.54 Å². The Morgan fingerprint density at radius 2 is 1.96 bits per heavy atom. The van der Waals surface area contributed by atoms with E-state index in [1.807, 2.05) is 12.3 Å². The molecule has 24 heavy (non-hydrogen) atoms. The molecular weight excluding hydrogens is 366 g/mol. The minimum Gasteiger partial charge on any atom is -0.437 e. The number of rotatable bonds is 4. The standard InChI is InChI=1S/C19H24BrN3O/c1-13-10-16(12-23-8-6-21-7-9-23)19(22-11-13)24-17-5-4-14(2)15(3)18(17)20/h4-5,10-11,21H,6-9,12H2,1-3H3. The Morgan fingerprint density at radius 1 is 1.21 bits per heavy atom. The first-order chi connectivity index (χ1) is 11.5. The molecular formula is C19H24BrN3O. The monoisotopic (exact) mass is 389 g/mol. The first kappa shape index (κ1) is 17.4. The summed E-state index contributed by atoms with van der Waals surface area (Å²) in [5.41, 5.74) is 4.74. The van der Waals surface area contributed by atoms with Gasteiger partial charge in [-0.1, -0.05) is 6.07 Å². The molecule has 0 radical (unpaired) electrons. The number of ether oxygens (including phenoxy) is 1. The first-order valence-corrected chi connectivity index (χ1v) is 9.16. The van der Waals surface area contributed by atoms with Crippen LogP contribution in [0.5, 0.6) is 11.6 Å². The van der Waals surface area contributed by atoms with Crippen LogP contribution in [0.15, 0.2) is 28.9 Å². The van der Waals surface area contributed by atoms with Crippen LogP contribution in [0.4, 0.5) is 0 Å². The predicted octanol–water partition coefficient (Wildman–Crippen LogP) is 3.97. The van der Waals surface area contributed by atoms with Gasteiger partial charge in [0.15, 0.2) is 0 Å². The molecule has 1 fully saturated rings. The van der Waals surface area contributed by atoms with Gasteiger partial charge in [-0.15, -0.1) is 0 Å². The molecule has 0 saturated carbocycles. The molecule has 0 unspecified atom stereocenters. The van der Waals surface area contributed by atoms with Gasteiger partial charge in [-0.2, -0.15) is 0 Å². The van der Waals surface area contributed by atoms with Crippen LogP contribution in [0.2, 0.25) is 0 Å².